The summed E-state index contributed by atoms with van der Waals surface area (Å²) in [6, 6.07) is 5.69. The summed E-state index contributed by atoms with van der Waals surface area (Å²) in [6.07, 6.45) is 4.63. The first-order valence-corrected chi connectivity index (χ1v) is 6.07. The van der Waals surface area contributed by atoms with Crippen molar-refractivity contribution in [2.75, 3.05) is 6.61 Å². The molecule has 0 aromatic heterocycles. The molecule has 0 unspecified atom stereocenters. The maximum atomic E-state index is 11.5. The number of benzene rings is 1. The van der Waals surface area contributed by atoms with Crippen LogP contribution in [0.25, 0.3) is 0 Å². The molecule has 1 rings (SSSR count). The van der Waals surface area contributed by atoms with E-state index in [1.165, 1.54) is 0 Å². The van der Waals surface area contributed by atoms with Crippen LogP contribution >= 0.6 is 0 Å². The highest BCUT2D eigenvalue weighted by atomic mass is 16.5. The van der Waals surface area contributed by atoms with Gasteiger partial charge in [0.1, 0.15) is 5.75 Å². The number of unbranched alkanes of at least 4 members (excludes halogenated alkanes) is 1. The second kappa shape index (κ2) is 6.89. The van der Waals surface area contributed by atoms with Gasteiger partial charge in [0, 0.05) is 0 Å². The second-order valence-corrected chi connectivity index (χ2v) is 4.04. The number of ether oxygens (including phenoxy) is 1. The largest absolute Gasteiger partial charge is 0.493 e. The third-order valence-electron chi connectivity index (χ3n) is 2.58. The summed E-state index contributed by atoms with van der Waals surface area (Å²) in [5.74, 6) is 0.774. The van der Waals surface area contributed by atoms with Crippen molar-refractivity contribution in [2.45, 2.75) is 33.1 Å². The molecule has 0 aliphatic heterocycles. The molecule has 1 aromatic carbocycles. The van der Waals surface area contributed by atoms with Gasteiger partial charge in [-0.05, 0) is 31.4 Å². The van der Waals surface area contributed by atoms with Gasteiger partial charge >= 0.3 is 0 Å². The molecule has 0 radical (unpaired) electrons. The van der Waals surface area contributed by atoms with E-state index in [9.17, 15) is 4.79 Å². The molecule has 17 heavy (non-hydrogen) atoms. The Bertz CT molecular complexity index is 394. The predicted octanol–water partition coefficient (Wildman–Crippen LogP) is 3.80. The van der Waals surface area contributed by atoms with Crippen LogP contribution in [0.4, 0.5) is 0 Å². The molecule has 0 saturated heterocycles. The van der Waals surface area contributed by atoms with Crippen molar-refractivity contribution in [3.05, 3.63) is 42.0 Å². The standard InChI is InChI=1S/C15H20O2/c1-4-6-11-17-15-13(8-5-2)9-7-10-14(15)12(3)16/h5,7,9-10H,2,4,6,8,11H2,1,3H3. The third-order valence-corrected chi connectivity index (χ3v) is 2.58. The Morgan fingerprint density at radius 3 is 2.82 bits per heavy atom. The van der Waals surface area contributed by atoms with E-state index >= 15 is 0 Å². The number of carbonyl (C=O) groups excluding carboxylic acids is 1. The lowest BCUT2D eigenvalue weighted by Gasteiger charge is -2.13. The Balaban J connectivity index is 3.00. The zero-order chi connectivity index (χ0) is 12.7. The minimum absolute atomic E-state index is 0.0439. The molecule has 0 aliphatic carbocycles. The Kier molecular flexibility index (Phi) is 5.47. The van der Waals surface area contributed by atoms with Gasteiger partial charge in [-0.3, -0.25) is 4.79 Å². The minimum atomic E-state index is 0.0439. The van der Waals surface area contributed by atoms with Crippen molar-refractivity contribution in [2.24, 2.45) is 0 Å². The van der Waals surface area contributed by atoms with Crippen molar-refractivity contribution in [3.8, 4) is 5.75 Å². The van der Waals surface area contributed by atoms with Gasteiger partial charge < -0.3 is 4.74 Å². The number of carbonyl (C=O) groups is 1. The first kappa shape index (κ1) is 13.5. The molecule has 0 spiro atoms. The highest BCUT2D eigenvalue weighted by Gasteiger charge is 2.12. The highest BCUT2D eigenvalue weighted by Crippen LogP contribution is 2.25. The molecule has 0 aliphatic rings. The van der Waals surface area contributed by atoms with E-state index in [2.05, 4.69) is 13.5 Å². The minimum Gasteiger partial charge on any atom is -0.493 e. The lowest BCUT2D eigenvalue weighted by Crippen LogP contribution is -2.05. The first-order chi connectivity index (χ1) is 8.20. The van der Waals surface area contributed by atoms with Gasteiger partial charge in [-0.25, -0.2) is 0 Å². The number of hydrogen-bond acceptors (Lipinski definition) is 2. The molecule has 0 saturated carbocycles. The third kappa shape index (κ3) is 3.74. The summed E-state index contributed by atoms with van der Waals surface area (Å²) >= 11 is 0. The van der Waals surface area contributed by atoms with E-state index in [0.29, 0.717) is 12.2 Å². The fraction of sp³-hybridized carbons (Fsp3) is 0.400. The topological polar surface area (TPSA) is 26.3 Å². The average Bonchev–Trinajstić information content (AvgIpc) is 2.31. The Morgan fingerprint density at radius 1 is 1.47 bits per heavy atom. The van der Waals surface area contributed by atoms with Gasteiger partial charge in [-0.15, -0.1) is 6.58 Å². The van der Waals surface area contributed by atoms with Gasteiger partial charge in [0.15, 0.2) is 5.78 Å². The second-order valence-electron chi connectivity index (χ2n) is 4.04. The van der Waals surface area contributed by atoms with E-state index in [4.69, 9.17) is 4.74 Å². The highest BCUT2D eigenvalue weighted by molar-refractivity contribution is 5.97. The molecule has 2 nitrogen and oxygen atoms in total. The summed E-state index contributed by atoms with van der Waals surface area (Å²) in [6.45, 7) is 8.07. The van der Waals surface area contributed by atoms with Crippen LogP contribution in [0.5, 0.6) is 5.75 Å². The molecule has 2 heteroatoms. The number of para-hydroxylation sites is 1. The van der Waals surface area contributed by atoms with Gasteiger partial charge in [-0.1, -0.05) is 31.6 Å². The van der Waals surface area contributed by atoms with Gasteiger partial charge in [0.2, 0.25) is 0 Å². The Labute approximate surface area is 103 Å². The molecule has 0 N–H and O–H groups in total. The number of ketones is 1. The van der Waals surface area contributed by atoms with Crippen LogP contribution < -0.4 is 4.74 Å². The Morgan fingerprint density at radius 2 is 2.24 bits per heavy atom. The lowest BCUT2D eigenvalue weighted by molar-refractivity contribution is 0.101. The van der Waals surface area contributed by atoms with Crippen LogP contribution in [0.15, 0.2) is 30.9 Å². The maximum Gasteiger partial charge on any atom is 0.163 e. The van der Waals surface area contributed by atoms with Crippen molar-refractivity contribution < 1.29 is 9.53 Å². The van der Waals surface area contributed by atoms with Crippen molar-refractivity contribution in [1.82, 2.24) is 0 Å². The number of rotatable bonds is 7. The van der Waals surface area contributed by atoms with E-state index in [0.717, 1.165) is 30.6 Å². The summed E-state index contributed by atoms with van der Waals surface area (Å²) in [5.41, 5.74) is 1.70. The lowest BCUT2D eigenvalue weighted by atomic mass is 10.0. The van der Waals surface area contributed by atoms with Crippen LogP contribution in [-0.2, 0) is 6.42 Å². The van der Waals surface area contributed by atoms with Crippen LogP contribution in [0, 0.1) is 0 Å². The van der Waals surface area contributed by atoms with E-state index in [1.807, 2.05) is 24.3 Å². The van der Waals surface area contributed by atoms with Gasteiger partial charge in [0.25, 0.3) is 0 Å². The first-order valence-electron chi connectivity index (χ1n) is 6.07. The van der Waals surface area contributed by atoms with Crippen molar-refractivity contribution >= 4 is 5.78 Å². The molecule has 0 fully saturated rings. The monoisotopic (exact) mass is 232 g/mol. The number of allylic oxidation sites excluding steroid dienone is 1. The van der Waals surface area contributed by atoms with E-state index in [1.54, 1.807) is 6.92 Å². The zero-order valence-corrected chi connectivity index (χ0v) is 10.7. The Hall–Kier alpha value is -1.57. The number of hydrogen-bond donors (Lipinski definition) is 0. The average molecular weight is 232 g/mol. The quantitative estimate of drug-likeness (QED) is 0.406. The van der Waals surface area contributed by atoms with Gasteiger partial charge in [0.05, 0.1) is 12.2 Å². The maximum absolute atomic E-state index is 11.5. The summed E-state index contributed by atoms with van der Waals surface area (Å²) < 4.78 is 5.75. The molecule has 0 amide bonds. The number of Topliss-reactive ketones (excluding diaryl/α,β-unsaturated/α-hetero) is 1. The molecule has 0 bridgehead atoms. The normalized spacial score (nSPS) is 10.0. The predicted molar refractivity (Wildman–Crippen MR) is 70.8 cm³/mol. The summed E-state index contributed by atoms with van der Waals surface area (Å²) in [4.78, 5) is 11.5. The molecule has 92 valence electrons. The molecular formula is C15H20O2. The summed E-state index contributed by atoms with van der Waals surface area (Å²) in [5, 5.41) is 0. The summed E-state index contributed by atoms with van der Waals surface area (Å²) in [7, 11) is 0. The molecular weight excluding hydrogens is 212 g/mol. The van der Waals surface area contributed by atoms with Crippen LogP contribution in [0.1, 0.15) is 42.6 Å². The van der Waals surface area contributed by atoms with Crippen molar-refractivity contribution in [3.63, 3.8) is 0 Å². The fourth-order valence-electron chi connectivity index (χ4n) is 1.67. The fourth-order valence-corrected chi connectivity index (χ4v) is 1.67. The van der Waals surface area contributed by atoms with Crippen LogP contribution in [-0.4, -0.2) is 12.4 Å². The molecule has 0 atom stereocenters. The van der Waals surface area contributed by atoms with Crippen molar-refractivity contribution in [1.29, 1.82) is 0 Å². The SMILES string of the molecule is C=CCc1cccc(C(C)=O)c1OCCCC. The smallest absolute Gasteiger partial charge is 0.163 e. The van der Waals surface area contributed by atoms with E-state index < -0.39 is 0 Å². The van der Waals surface area contributed by atoms with E-state index in [-0.39, 0.29) is 5.78 Å². The molecule has 1 aromatic rings. The van der Waals surface area contributed by atoms with Gasteiger partial charge in [-0.2, -0.15) is 0 Å². The van der Waals surface area contributed by atoms with Crippen LogP contribution in [0.3, 0.4) is 0 Å². The van der Waals surface area contributed by atoms with Crippen LogP contribution in [0.2, 0.25) is 0 Å². The zero-order valence-electron chi connectivity index (χ0n) is 10.7. The molecule has 0 heterocycles.